The van der Waals surface area contributed by atoms with Crippen molar-refractivity contribution in [2.24, 2.45) is 0 Å². The van der Waals surface area contributed by atoms with Crippen molar-refractivity contribution >= 4 is 5.97 Å². The van der Waals surface area contributed by atoms with E-state index in [1.165, 1.54) is 6.92 Å². The van der Waals surface area contributed by atoms with Crippen LogP contribution in [0.4, 0.5) is 0 Å². The van der Waals surface area contributed by atoms with Gasteiger partial charge in [-0.15, -0.1) is 0 Å². The highest BCUT2D eigenvalue weighted by Gasteiger charge is 2.34. The molecule has 1 aliphatic rings. The van der Waals surface area contributed by atoms with Gasteiger partial charge in [-0.2, -0.15) is 5.26 Å². The van der Waals surface area contributed by atoms with Crippen LogP contribution in [0.2, 0.25) is 0 Å². The smallest absolute Gasteiger partial charge is 0.308 e. The molecule has 0 aliphatic carbocycles. The van der Waals surface area contributed by atoms with Crippen molar-refractivity contribution in [2.75, 3.05) is 0 Å². The molecule has 106 valence electrons. The third-order valence-electron chi connectivity index (χ3n) is 3.97. The summed E-state index contributed by atoms with van der Waals surface area (Å²) in [7, 11) is 0. The molecule has 20 heavy (non-hydrogen) atoms. The molecule has 0 saturated carbocycles. The molecule has 4 heteroatoms. The summed E-state index contributed by atoms with van der Waals surface area (Å²) in [4.78, 5) is 11.2. The van der Waals surface area contributed by atoms with Gasteiger partial charge in [-0.3, -0.25) is 4.79 Å². The summed E-state index contributed by atoms with van der Waals surface area (Å²) in [6.45, 7) is 8.98. The Morgan fingerprint density at radius 2 is 1.95 bits per heavy atom. The Bertz CT molecular complexity index is 628. The van der Waals surface area contributed by atoms with E-state index in [1.807, 2.05) is 20.8 Å². The molecule has 0 aromatic heterocycles. The maximum atomic E-state index is 11.2. The third-order valence-corrected chi connectivity index (χ3v) is 3.97. The SMILES string of the molecule is CC(=O)Oc1c(C)c(C)c2c(c1C)CCC(C)(C#N)O2. The van der Waals surface area contributed by atoms with E-state index < -0.39 is 5.60 Å². The zero-order chi connectivity index (χ0) is 15.1. The zero-order valence-corrected chi connectivity index (χ0v) is 12.6. The highest BCUT2D eigenvalue weighted by Crippen LogP contribution is 2.43. The minimum atomic E-state index is -0.778. The van der Waals surface area contributed by atoms with E-state index in [9.17, 15) is 10.1 Å². The Kier molecular flexibility index (Phi) is 3.47. The van der Waals surface area contributed by atoms with Crippen molar-refractivity contribution in [3.8, 4) is 17.6 Å². The first kappa shape index (κ1) is 14.4. The molecular weight excluding hydrogens is 254 g/mol. The molecule has 0 fully saturated rings. The maximum Gasteiger partial charge on any atom is 0.308 e. The largest absolute Gasteiger partial charge is 0.472 e. The van der Waals surface area contributed by atoms with Crippen molar-refractivity contribution in [3.63, 3.8) is 0 Å². The molecule has 0 bridgehead atoms. The van der Waals surface area contributed by atoms with Gasteiger partial charge in [0.25, 0.3) is 0 Å². The van der Waals surface area contributed by atoms with Crippen LogP contribution < -0.4 is 9.47 Å². The summed E-state index contributed by atoms with van der Waals surface area (Å²) in [5.41, 5.74) is 3.01. The number of esters is 1. The number of ether oxygens (including phenoxy) is 2. The Hall–Kier alpha value is -2.02. The summed E-state index contributed by atoms with van der Waals surface area (Å²) < 4.78 is 11.3. The van der Waals surface area contributed by atoms with E-state index in [0.717, 1.165) is 34.4 Å². The first-order chi connectivity index (χ1) is 9.29. The molecule has 1 heterocycles. The average Bonchev–Trinajstić information content (AvgIpc) is 2.41. The minimum absolute atomic E-state index is 0.325. The predicted octanol–water partition coefficient (Wildman–Crippen LogP) is 3.14. The number of hydrogen-bond acceptors (Lipinski definition) is 4. The van der Waals surface area contributed by atoms with Gasteiger partial charge in [0.1, 0.15) is 17.6 Å². The second kappa shape index (κ2) is 4.82. The van der Waals surface area contributed by atoms with Crippen molar-refractivity contribution in [3.05, 3.63) is 22.3 Å². The molecule has 1 aliphatic heterocycles. The van der Waals surface area contributed by atoms with Crippen LogP contribution in [0.25, 0.3) is 0 Å². The summed E-state index contributed by atoms with van der Waals surface area (Å²) in [6, 6.07) is 2.23. The van der Waals surface area contributed by atoms with Gasteiger partial charge in [-0.05, 0) is 50.8 Å². The lowest BCUT2D eigenvalue weighted by Gasteiger charge is -2.33. The Morgan fingerprint density at radius 1 is 1.30 bits per heavy atom. The lowest BCUT2D eigenvalue weighted by Crippen LogP contribution is -2.35. The quantitative estimate of drug-likeness (QED) is 0.582. The normalized spacial score (nSPS) is 20.6. The van der Waals surface area contributed by atoms with E-state index in [4.69, 9.17) is 9.47 Å². The summed E-state index contributed by atoms with van der Waals surface area (Å²) in [5, 5.41) is 9.23. The van der Waals surface area contributed by atoms with Crippen molar-refractivity contribution < 1.29 is 14.3 Å². The number of nitrogens with zero attached hydrogens (tertiary/aromatic N) is 1. The molecule has 1 aromatic carbocycles. The predicted molar refractivity (Wildman–Crippen MR) is 74.9 cm³/mol. The van der Waals surface area contributed by atoms with Crippen molar-refractivity contribution in [1.82, 2.24) is 0 Å². The molecule has 0 spiro atoms. The van der Waals surface area contributed by atoms with Crippen LogP contribution in [-0.2, 0) is 11.2 Å². The number of hydrogen-bond donors (Lipinski definition) is 0. The molecule has 0 amide bonds. The average molecular weight is 273 g/mol. The summed E-state index contributed by atoms with van der Waals surface area (Å²) in [5.74, 6) is 1.07. The lowest BCUT2D eigenvalue weighted by molar-refractivity contribution is -0.132. The fourth-order valence-electron chi connectivity index (χ4n) is 2.61. The second-order valence-electron chi connectivity index (χ2n) is 5.55. The van der Waals surface area contributed by atoms with Gasteiger partial charge in [0.05, 0.1) is 0 Å². The van der Waals surface area contributed by atoms with Gasteiger partial charge in [0, 0.05) is 18.9 Å². The summed E-state index contributed by atoms with van der Waals surface area (Å²) >= 11 is 0. The lowest BCUT2D eigenvalue weighted by atomic mass is 9.88. The first-order valence-corrected chi connectivity index (χ1v) is 6.70. The molecule has 4 nitrogen and oxygen atoms in total. The number of rotatable bonds is 1. The van der Waals surface area contributed by atoms with Gasteiger partial charge in [-0.25, -0.2) is 0 Å². The second-order valence-corrected chi connectivity index (χ2v) is 5.55. The number of fused-ring (bicyclic) bond motifs is 1. The number of carbonyl (C=O) groups excluding carboxylic acids is 1. The van der Waals surface area contributed by atoms with Crippen LogP contribution in [0.15, 0.2) is 0 Å². The summed E-state index contributed by atoms with van der Waals surface area (Å²) in [6.07, 6.45) is 1.39. The highest BCUT2D eigenvalue weighted by molar-refractivity contribution is 5.72. The van der Waals surface area contributed by atoms with E-state index in [2.05, 4.69) is 6.07 Å². The fourth-order valence-corrected chi connectivity index (χ4v) is 2.61. The van der Waals surface area contributed by atoms with Crippen LogP contribution in [0.1, 0.15) is 42.5 Å². The monoisotopic (exact) mass is 273 g/mol. The van der Waals surface area contributed by atoms with E-state index in [1.54, 1.807) is 6.92 Å². The van der Waals surface area contributed by atoms with Crippen LogP contribution in [0, 0.1) is 32.1 Å². The molecule has 2 rings (SSSR count). The Morgan fingerprint density at radius 3 is 2.50 bits per heavy atom. The van der Waals surface area contributed by atoms with Gasteiger partial charge in [0.2, 0.25) is 0 Å². The van der Waals surface area contributed by atoms with Gasteiger partial charge >= 0.3 is 5.97 Å². The fraction of sp³-hybridized carbons (Fsp3) is 0.500. The number of nitriles is 1. The Balaban J connectivity index is 2.60. The first-order valence-electron chi connectivity index (χ1n) is 6.70. The van der Waals surface area contributed by atoms with Crippen LogP contribution in [-0.4, -0.2) is 11.6 Å². The topological polar surface area (TPSA) is 59.3 Å². The molecule has 0 radical (unpaired) electrons. The van der Waals surface area contributed by atoms with Crippen LogP contribution in [0.5, 0.6) is 11.5 Å². The molecule has 1 aromatic rings. The Labute approximate surface area is 119 Å². The standard InChI is InChI=1S/C16H19NO3/c1-9-10(2)15-13(6-7-16(5,8-17)20-15)11(3)14(9)19-12(4)18/h6-7H2,1-5H3. The highest BCUT2D eigenvalue weighted by atomic mass is 16.5. The molecule has 1 unspecified atom stereocenters. The van der Waals surface area contributed by atoms with Crippen molar-refractivity contribution in [1.29, 1.82) is 5.26 Å². The van der Waals surface area contributed by atoms with Gasteiger partial charge in [0.15, 0.2) is 5.60 Å². The van der Waals surface area contributed by atoms with Gasteiger partial charge < -0.3 is 9.47 Å². The molecule has 0 saturated heterocycles. The van der Waals surface area contributed by atoms with E-state index >= 15 is 0 Å². The molecule has 1 atom stereocenters. The molecular formula is C16H19NO3. The number of benzene rings is 1. The van der Waals surface area contributed by atoms with Crippen LogP contribution >= 0.6 is 0 Å². The zero-order valence-electron chi connectivity index (χ0n) is 12.6. The van der Waals surface area contributed by atoms with E-state index in [-0.39, 0.29) is 5.97 Å². The molecule has 0 N–H and O–H groups in total. The minimum Gasteiger partial charge on any atom is -0.472 e. The number of carbonyl (C=O) groups is 1. The van der Waals surface area contributed by atoms with Crippen molar-refractivity contribution in [2.45, 2.75) is 53.1 Å². The van der Waals surface area contributed by atoms with Crippen LogP contribution in [0.3, 0.4) is 0 Å². The third kappa shape index (κ3) is 2.24. The van der Waals surface area contributed by atoms with E-state index in [0.29, 0.717) is 12.2 Å². The van der Waals surface area contributed by atoms with Gasteiger partial charge in [-0.1, -0.05) is 0 Å². The maximum absolute atomic E-state index is 11.2.